The summed E-state index contributed by atoms with van der Waals surface area (Å²) in [5.41, 5.74) is 5.92. The van der Waals surface area contributed by atoms with Gasteiger partial charge in [-0.25, -0.2) is 4.39 Å². The fourth-order valence-corrected chi connectivity index (χ4v) is 1.59. The lowest BCUT2D eigenvalue weighted by Crippen LogP contribution is -2.19. The molecule has 20 heavy (non-hydrogen) atoms. The van der Waals surface area contributed by atoms with E-state index in [1.807, 2.05) is 0 Å². The predicted octanol–water partition coefficient (Wildman–Crippen LogP) is 0.971. The lowest BCUT2D eigenvalue weighted by atomic mass is 10.2. The van der Waals surface area contributed by atoms with Crippen LogP contribution in [0.4, 0.5) is 10.1 Å². The van der Waals surface area contributed by atoms with Crippen LogP contribution < -0.4 is 11.1 Å². The Morgan fingerprint density at radius 2 is 2.35 bits per heavy atom. The molecule has 1 heterocycles. The number of nitrogens with one attached hydrogen (secondary N) is 1. The third kappa shape index (κ3) is 3.67. The van der Waals surface area contributed by atoms with E-state index in [2.05, 4.69) is 22.3 Å². The van der Waals surface area contributed by atoms with Crippen molar-refractivity contribution in [1.29, 1.82) is 0 Å². The molecule has 0 spiro atoms. The molecule has 0 unspecified atom stereocenters. The zero-order valence-corrected chi connectivity index (χ0v) is 10.6. The van der Waals surface area contributed by atoms with E-state index in [0.717, 1.165) is 0 Å². The van der Waals surface area contributed by atoms with Crippen LogP contribution in [0.3, 0.4) is 0 Å². The summed E-state index contributed by atoms with van der Waals surface area (Å²) in [6.45, 7) is 0.240. The van der Waals surface area contributed by atoms with Gasteiger partial charge in [0.15, 0.2) is 0 Å². The molecule has 0 radical (unpaired) electrons. The van der Waals surface area contributed by atoms with Crippen LogP contribution in [-0.2, 0) is 11.3 Å². The fraction of sp³-hybridized carbons (Fsp3) is 0.143. The molecule has 0 aliphatic heterocycles. The van der Waals surface area contributed by atoms with E-state index in [1.54, 1.807) is 18.5 Å². The van der Waals surface area contributed by atoms with Crippen LogP contribution in [0.15, 0.2) is 36.7 Å². The largest absolute Gasteiger partial charge is 0.324 e. The molecule has 0 atom stereocenters. The van der Waals surface area contributed by atoms with Gasteiger partial charge in [0, 0.05) is 18.1 Å². The first-order valence-electron chi connectivity index (χ1n) is 5.95. The number of carbonyl (C=O) groups is 1. The van der Waals surface area contributed by atoms with Gasteiger partial charge in [-0.2, -0.15) is 5.10 Å². The Labute approximate surface area is 115 Å². The van der Waals surface area contributed by atoms with Crippen molar-refractivity contribution in [1.82, 2.24) is 9.78 Å². The van der Waals surface area contributed by atoms with Crippen molar-refractivity contribution in [2.75, 3.05) is 11.9 Å². The number of hydrogen-bond donors (Lipinski definition) is 2. The minimum atomic E-state index is -0.448. The Morgan fingerprint density at radius 1 is 1.50 bits per heavy atom. The molecule has 2 aromatic rings. The molecule has 0 saturated carbocycles. The van der Waals surface area contributed by atoms with Crippen LogP contribution in [0.25, 0.3) is 0 Å². The van der Waals surface area contributed by atoms with Gasteiger partial charge >= 0.3 is 0 Å². The van der Waals surface area contributed by atoms with E-state index in [1.165, 1.54) is 22.9 Å². The van der Waals surface area contributed by atoms with Gasteiger partial charge in [-0.3, -0.25) is 9.48 Å². The number of nitrogens with two attached hydrogens (primary N) is 1. The smallest absolute Gasteiger partial charge is 0.246 e. The zero-order valence-electron chi connectivity index (χ0n) is 10.6. The standard InChI is InChI=1S/C14H13FN4O/c15-13-5-4-12(9-11(13)3-1-6-16)18-14(20)10-19-8-2-7-17-19/h2,4-5,7-9H,6,10,16H2,(H,18,20). The molecule has 0 aliphatic rings. The quantitative estimate of drug-likeness (QED) is 0.818. The van der Waals surface area contributed by atoms with Crippen molar-refractivity contribution in [2.24, 2.45) is 5.73 Å². The highest BCUT2D eigenvalue weighted by Crippen LogP contribution is 2.14. The Kier molecular flexibility index (Phi) is 4.47. The second-order valence-corrected chi connectivity index (χ2v) is 3.95. The minimum absolute atomic E-state index is 0.0915. The molecule has 1 aromatic carbocycles. The van der Waals surface area contributed by atoms with E-state index < -0.39 is 5.82 Å². The van der Waals surface area contributed by atoms with E-state index in [0.29, 0.717) is 5.69 Å². The molecule has 2 rings (SSSR count). The van der Waals surface area contributed by atoms with Gasteiger partial charge in [0.2, 0.25) is 5.91 Å². The van der Waals surface area contributed by atoms with Crippen LogP contribution in [0, 0.1) is 17.7 Å². The van der Waals surface area contributed by atoms with Crippen LogP contribution in [0.1, 0.15) is 5.56 Å². The molecule has 1 amide bonds. The van der Waals surface area contributed by atoms with Gasteiger partial charge in [-0.1, -0.05) is 11.8 Å². The molecule has 5 nitrogen and oxygen atoms in total. The van der Waals surface area contributed by atoms with E-state index >= 15 is 0 Å². The Balaban J connectivity index is 2.07. The minimum Gasteiger partial charge on any atom is -0.324 e. The first-order valence-corrected chi connectivity index (χ1v) is 5.95. The SMILES string of the molecule is NCC#Cc1cc(NC(=O)Cn2cccn2)ccc1F. The molecule has 0 saturated heterocycles. The van der Waals surface area contributed by atoms with Crippen molar-refractivity contribution in [3.63, 3.8) is 0 Å². The van der Waals surface area contributed by atoms with Crippen LogP contribution >= 0.6 is 0 Å². The second-order valence-electron chi connectivity index (χ2n) is 3.95. The van der Waals surface area contributed by atoms with Crippen LogP contribution in [-0.4, -0.2) is 22.2 Å². The first-order chi connectivity index (χ1) is 9.69. The van der Waals surface area contributed by atoms with Crippen molar-refractivity contribution < 1.29 is 9.18 Å². The monoisotopic (exact) mass is 272 g/mol. The number of rotatable bonds is 3. The zero-order chi connectivity index (χ0) is 14.4. The van der Waals surface area contributed by atoms with Crippen molar-refractivity contribution >= 4 is 11.6 Å². The topological polar surface area (TPSA) is 72.9 Å². The molecule has 0 bridgehead atoms. The normalized spacial score (nSPS) is 9.70. The summed E-state index contributed by atoms with van der Waals surface area (Å²) < 4.78 is 15.0. The van der Waals surface area contributed by atoms with Gasteiger partial charge in [-0.05, 0) is 24.3 Å². The van der Waals surface area contributed by atoms with Gasteiger partial charge in [0.05, 0.1) is 12.1 Å². The summed E-state index contributed by atoms with van der Waals surface area (Å²) in [4.78, 5) is 11.8. The number of halogens is 1. The summed E-state index contributed by atoms with van der Waals surface area (Å²) in [6, 6.07) is 5.93. The number of anilines is 1. The van der Waals surface area contributed by atoms with E-state index in [4.69, 9.17) is 5.73 Å². The van der Waals surface area contributed by atoms with Gasteiger partial charge in [0.25, 0.3) is 0 Å². The third-order valence-electron chi connectivity index (χ3n) is 2.44. The highest BCUT2D eigenvalue weighted by molar-refractivity contribution is 5.90. The summed E-state index contributed by atoms with van der Waals surface area (Å²) in [7, 11) is 0. The maximum atomic E-state index is 13.5. The summed E-state index contributed by atoms with van der Waals surface area (Å²) in [5.74, 6) is 4.49. The van der Waals surface area contributed by atoms with E-state index in [-0.39, 0.29) is 24.6 Å². The Hall–Kier alpha value is -2.65. The molecular formula is C14H13FN4O. The second kappa shape index (κ2) is 6.50. The number of amides is 1. The molecule has 0 aliphatic carbocycles. The van der Waals surface area contributed by atoms with Crippen molar-refractivity contribution in [3.05, 3.63) is 48.0 Å². The van der Waals surface area contributed by atoms with Gasteiger partial charge in [0.1, 0.15) is 12.4 Å². The molecule has 0 fully saturated rings. The summed E-state index contributed by atoms with van der Waals surface area (Å²) in [5, 5.41) is 6.59. The number of hydrogen-bond acceptors (Lipinski definition) is 3. The Morgan fingerprint density at radius 3 is 3.05 bits per heavy atom. The van der Waals surface area contributed by atoms with Gasteiger partial charge < -0.3 is 11.1 Å². The predicted molar refractivity (Wildman–Crippen MR) is 73.2 cm³/mol. The van der Waals surface area contributed by atoms with Crippen molar-refractivity contribution in [2.45, 2.75) is 6.54 Å². The first kappa shape index (κ1) is 13.8. The molecule has 6 heteroatoms. The summed E-state index contributed by atoms with van der Waals surface area (Å²) in [6.07, 6.45) is 3.27. The van der Waals surface area contributed by atoms with Crippen molar-refractivity contribution in [3.8, 4) is 11.8 Å². The number of aromatic nitrogens is 2. The maximum Gasteiger partial charge on any atom is 0.246 e. The number of benzene rings is 1. The van der Waals surface area contributed by atoms with Gasteiger partial charge in [-0.15, -0.1) is 0 Å². The summed E-state index contributed by atoms with van der Waals surface area (Å²) >= 11 is 0. The fourth-order valence-electron chi connectivity index (χ4n) is 1.59. The molecule has 102 valence electrons. The highest BCUT2D eigenvalue weighted by Gasteiger charge is 2.06. The lowest BCUT2D eigenvalue weighted by Gasteiger charge is -2.06. The maximum absolute atomic E-state index is 13.5. The molecule has 3 N–H and O–H groups in total. The highest BCUT2D eigenvalue weighted by atomic mass is 19.1. The average Bonchev–Trinajstić information content (AvgIpc) is 2.92. The third-order valence-corrected chi connectivity index (χ3v) is 2.44. The van der Waals surface area contributed by atoms with E-state index in [9.17, 15) is 9.18 Å². The number of carbonyl (C=O) groups excluding carboxylic acids is 1. The number of nitrogens with zero attached hydrogens (tertiary/aromatic N) is 2. The lowest BCUT2D eigenvalue weighted by molar-refractivity contribution is -0.116. The molecule has 1 aromatic heterocycles. The molecular weight excluding hydrogens is 259 g/mol. The average molecular weight is 272 g/mol. The Bertz CT molecular complexity index is 656. The van der Waals surface area contributed by atoms with Crippen LogP contribution in [0.5, 0.6) is 0 Å². The van der Waals surface area contributed by atoms with Crippen LogP contribution in [0.2, 0.25) is 0 Å².